The highest BCUT2D eigenvalue weighted by molar-refractivity contribution is 5.90. The molecule has 2 rings (SSSR count). The summed E-state index contributed by atoms with van der Waals surface area (Å²) < 4.78 is 0. The van der Waals surface area contributed by atoms with Crippen LogP contribution in [0.2, 0.25) is 0 Å². The number of aromatic nitrogens is 2. The van der Waals surface area contributed by atoms with Crippen molar-refractivity contribution in [3.05, 3.63) is 34.4 Å². The van der Waals surface area contributed by atoms with Crippen LogP contribution in [0.15, 0.2) is 23.1 Å². The minimum Gasteiger partial charge on any atom is -0.504 e. The third-order valence-corrected chi connectivity index (χ3v) is 1.90. The van der Waals surface area contributed by atoms with Crippen molar-refractivity contribution in [2.75, 3.05) is 0 Å². The number of hydrogen-bond donors (Lipinski definition) is 2. The molecule has 5 nitrogen and oxygen atoms in total. The maximum Gasteiger partial charge on any atom is 0.258 e. The van der Waals surface area contributed by atoms with Crippen molar-refractivity contribution in [3.63, 3.8) is 0 Å². The SMILES string of the molecule is O=Cc1[nH]c(=O)c2cccnc2c1O. The van der Waals surface area contributed by atoms with Gasteiger partial charge in [0.15, 0.2) is 12.0 Å². The highest BCUT2D eigenvalue weighted by Gasteiger charge is 2.09. The molecule has 0 spiro atoms. The van der Waals surface area contributed by atoms with E-state index in [1.54, 1.807) is 6.07 Å². The number of H-pyrrole nitrogens is 1. The predicted octanol–water partition coefficient (Wildman–Crippen LogP) is 0.441. The summed E-state index contributed by atoms with van der Waals surface area (Å²) >= 11 is 0. The van der Waals surface area contributed by atoms with Crippen LogP contribution in [0.1, 0.15) is 10.5 Å². The Labute approximate surface area is 78.0 Å². The highest BCUT2D eigenvalue weighted by atomic mass is 16.3. The van der Waals surface area contributed by atoms with E-state index >= 15 is 0 Å². The lowest BCUT2D eigenvalue weighted by Gasteiger charge is -2.00. The average molecular weight is 190 g/mol. The predicted molar refractivity (Wildman–Crippen MR) is 49.4 cm³/mol. The zero-order valence-corrected chi connectivity index (χ0v) is 7.02. The molecule has 5 heteroatoms. The van der Waals surface area contributed by atoms with E-state index < -0.39 is 5.56 Å². The normalized spacial score (nSPS) is 10.3. The number of carbonyl (C=O) groups excluding carboxylic acids is 1. The molecule has 0 saturated heterocycles. The molecule has 0 radical (unpaired) electrons. The Kier molecular flexibility index (Phi) is 1.78. The average Bonchev–Trinajstić information content (AvgIpc) is 2.23. The van der Waals surface area contributed by atoms with Gasteiger partial charge in [-0.1, -0.05) is 0 Å². The van der Waals surface area contributed by atoms with Crippen LogP contribution < -0.4 is 5.56 Å². The summed E-state index contributed by atoms with van der Waals surface area (Å²) in [5, 5.41) is 9.77. The monoisotopic (exact) mass is 190 g/mol. The van der Waals surface area contributed by atoms with Crippen molar-refractivity contribution < 1.29 is 9.90 Å². The second-order valence-corrected chi connectivity index (χ2v) is 2.73. The molecule has 2 aromatic rings. The van der Waals surface area contributed by atoms with Crippen LogP contribution in [-0.2, 0) is 0 Å². The summed E-state index contributed by atoms with van der Waals surface area (Å²) in [5.74, 6) is -0.296. The molecule has 0 saturated carbocycles. The van der Waals surface area contributed by atoms with E-state index in [0.717, 1.165) is 0 Å². The lowest BCUT2D eigenvalue weighted by molar-refractivity contribution is 0.111. The molecular formula is C9H6N2O3. The molecular weight excluding hydrogens is 184 g/mol. The number of aldehydes is 1. The van der Waals surface area contributed by atoms with Gasteiger partial charge in [-0.05, 0) is 12.1 Å². The molecule has 0 aliphatic carbocycles. The molecule has 2 N–H and O–H groups in total. The molecule has 0 amide bonds. The molecule has 2 aromatic heterocycles. The van der Waals surface area contributed by atoms with Crippen LogP contribution >= 0.6 is 0 Å². The largest absolute Gasteiger partial charge is 0.504 e. The summed E-state index contributed by atoms with van der Waals surface area (Å²) in [6.07, 6.45) is 1.82. The number of carbonyl (C=O) groups is 1. The number of rotatable bonds is 1. The van der Waals surface area contributed by atoms with Gasteiger partial charge in [0.25, 0.3) is 5.56 Å². The molecule has 0 atom stereocenters. The molecule has 0 fully saturated rings. The smallest absolute Gasteiger partial charge is 0.258 e. The van der Waals surface area contributed by atoms with E-state index in [1.807, 2.05) is 0 Å². The van der Waals surface area contributed by atoms with Crippen LogP contribution in [-0.4, -0.2) is 21.4 Å². The third-order valence-electron chi connectivity index (χ3n) is 1.90. The number of aromatic hydroxyl groups is 1. The first kappa shape index (κ1) is 8.43. The van der Waals surface area contributed by atoms with E-state index in [9.17, 15) is 14.7 Å². The summed E-state index contributed by atoms with van der Waals surface area (Å²) in [6.45, 7) is 0. The molecule has 0 unspecified atom stereocenters. The minimum absolute atomic E-state index is 0.137. The van der Waals surface area contributed by atoms with Crippen molar-refractivity contribution >= 4 is 17.2 Å². The van der Waals surface area contributed by atoms with E-state index in [4.69, 9.17) is 0 Å². The maximum atomic E-state index is 11.3. The standard InChI is InChI=1S/C9H6N2O3/c12-4-6-8(13)7-5(9(14)11-6)2-1-3-10-7/h1-4,13H,(H,11,14). The molecule has 0 bridgehead atoms. The Morgan fingerprint density at radius 3 is 3.00 bits per heavy atom. The highest BCUT2D eigenvalue weighted by Crippen LogP contribution is 2.20. The van der Waals surface area contributed by atoms with Crippen LogP contribution in [0.5, 0.6) is 5.75 Å². The zero-order valence-electron chi connectivity index (χ0n) is 7.02. The Hall–Kier alpha value is -2.17. The lowest BCUT2D eigenvalue weighted by atomic mass is 10.2. The Morgan fingerprint density at radius 1 is 1.50 bits per heavy atom. The molecule has 0 aliphatic heterocycles. The third kappa shape index (κ3) is 1.06. The first-order valence-corrected chi connectivity index (χ1v) is 3.89. The fourth-order valence-electron chi connectivity index (χ4n) is 1.24. The van der Waals surface area contributed by atoms with Gasteiger partial charge in [-0.15, -0.1) is 0 Å². The van der Waals surface area contributed by atoms with Gasteiger partial charge in [0.2, 0.25) is 0 Å². The number of nitrogens with zero attached hydrogens (tertiary/aromatic N) is 1. The topological polar surface area (TPSA) is 83.0 Å². The van der Waals surface area contributed by atoms with E-state index in [1.165, 1.54) is 12.3 Å². The molecule has 2 heterocycles. The second kappa shape index (κ2) is 2.95. The number of hydrogen-bond acceptors (Lipinski definition) is 4. The van der Waals surface area contributed by atoms with Gasteiger partial charge in [0.1, 0.15) is 11.2 Å². The van der Waals surface area contributed by atoms with Crippen molar-refractivity contribution in [3.8, 4) is 5.75 Å². The number of pyridine rings is 2. The van der Waals surface area contributed by atoms with Crippen molar-refractivity contribution in [2.24, 2.45) is 0 Å². The summed E-state index contributed by atoms with van der Waals surface area (Å²) in [6, 6.07) is 3.10. The van der Waals surface area contributed by atoms with Crippen LogP contribution in [0.4, 0.5) is 0 Å². The Morgan fingerprint density at radius 2 is 2.29 bits per heavy atom. The van der Waals surface area contributed by atoms with Gasteiger partial charge in [0, 0.05) is 6.20 Å². The van der Waals surface area contributed by atoms with Crippen molar-refractivity contribution in [2.45, 2.75) is 0 Å². The Balaban J connectivity index is 3.02. The lowest BCUT2D eigenvalue weighted by Crippen LogP contribution is -2.09. The molecule has 0 aromatic carbocycles. The number of fused-ring (bicyclic) bond motifs is 1. The van der Waals surface area contributed by atoms with Crippen molar-refractivity contribution in [1.29, 1.82) is 0 Å². The second-order valence-electron chi connectivity index (χ2n) is 2.73. The quantitative estimate of drug-likeness (QED) is 0.639. The first-order valence-electron chi connectivity index (χ1n) is 3.89. The molecule has 70 valence electrons. The van der Waals surface area contributed by atoms with E-state index in [-0.39, 0.29) is 22.3 Å². The van der Waals surface area contributed by atoms with Crippen LogP contribution in [0.25, 0.3) is 10.9 Å². The fourth-order valence-corrected chi connectivity index (χ4v) is 1.24. The zero-order chi connectivity index (χ0) is 10.1. The first-order chi connectivity index (χ1) is 6.74. The van der Waals surface area contributed by atoms with E-state index in [0.29, 0.717) is 6.29 Å². The van der Waals surface area contributed by atoms with Gasteiger partial charge in [0.05, 0.1) is 5.39 Å². The van der Waals surface area contributed by atoms with Crippen molar-refractivity contribution in [1.82, 2.24) is 9.97 Å². The van der Waals surface area contributed by atoms with Crippen LogP contribution in [0, 0.1) is 0 Å². The van der Waals surface area contributed by atoms with Crippen LogP contribution in [0.3, 0.4) is 0 Å². The maximum absolute atomic E-state index is 11.3. The van der Waals surface area contributed by atoms with Gasteiger partial charge in [-0.25, -0.2) is 0 Å². The van der Waals surface area contributed by atoms with Gasteiger partial charge >= 0.3 is 0 Å². The van der Waals surface area contributed by atoms with Gasteiger partial charge < -0.3 is 10.1 Å². The van der Waals surface area contributed by atoms with Gasteiger partial charge in [-0.2, -0.15) is 0 Å². The number of aromatic amines is 1. The van der Waals surface area contributed by atoms with E-state index in [2.05, 4.69) is 9.97 Å². The summed E-state index contributed by atoms with van der Waals surface area (Å²) in [7, 11) is 0. The van der Waals surface area contributed by atoms with Gasteiger partial charge in [-0.3, -0.25) is 14.6 Å². The summed E-state index contributed by atoms with van der Waals surface area (Å²) in [5.41, 5.74) is -0.451. The molecule has 14 heavy (non-hydrogen) atoms. The molecule has 0 aliphatic rings. The Bertz CT molecular complexity index is 559. The fraction of sp³-hybridized carbons (Fsp3) is 0. The number of nitrogens with one attached hydrogen (secondary N) is 1. The minimum atomic E-state index is -0.437. The summed E-state index contributed by atoms with van der Waals surface area (Å²) in [4.78, 5) is 27.9.